The molecule has 0 saturated heterocycles. The summed E-state index contributed by atoms with van der Waals surface area (Å²) in [6.07, 6.45) is 0. The van der Waals surface area contributed by atoms with Crippen LogP contribution in [0.2, 0.25) is 0 Å². The van der Waals surface area contributed by atoms with Gasteiger partial charge in [-0.15, -0.1) is 0 Å². The predicted molar refractivity (Wildman–Crippen MR) is 191 cm³/mol. The molecule has 0 aliphatic carbocycles. The van der Waals surface area contributed by atoms with Crippen molar-refractivity contribution < 1.29 is 4.74 Å². The molecule has 0 fully saturated rings. The van der Waals surface area contributed by atoms with Crippen LogP contribution in [0.1, 0.15) is 0 Å². The smallest absolute Gasteiger partial charge is 0.235 e. The Hall–Kier alpha value is -6.46. The van der Waals surface area contributed by atoms with Gasteiger partial charge in [-0.3, -0.25) is 4.57 Å². The quantitative estimate of drug-likeness (QED) is 0.198. The number of nitrogens with zero attached hydrogens (tertiary/aromatic N) is 4. The molecule has 7 aromatic carbocycles. The molecule has 10 aromatic rings. The molecular weight excluding hydrogens is 576 g/mol. The average molecular weight is 601 g/mol. The van der Waals surface area contributed by atoms with Crippen molar-refractivity contribution in [2.75, 3.05) is 0 Å². The lowest BCUT2D eigenvalue weighted by Gasteiger charge is -2.20. The second-order valence-electron chi connectivity index (χ2n) is 12.2. The molecule has 0 atom stereocenters. The minimum absolute atomic E-state index is 0.639. The van der Waals surface area contributed by atoms with E-state index in [1.165, 1.54) is 38.0 Å². The highest BCUT2D eigenvalue weighted by Crippen LogP contribution is 2.47. The van der Waals surface area contributed by atoms with E-state index >= 15 is 0 Å². The second-order valence-corrected chi connectivity index (χ2v) is 12.2. The van der Waals surface area contributed by atoms with Gasteiger partial charge >= 0.3 is 0 Å². The largest absolute Gasteiger partial charge is 0.456 e. The summed E-state index contributed by atoms with van der Waals surface area (Å²) in [5.74, 6) is 2.23. The van der Waals surface area contributed by atoms with Crippen LogP contribution in [0.25, 0.3) is 88.2 Å². The number of para-hydroxylation sites is 3. The minimum atomic E-state index is 0.639. The topological polar surface area (TPSA) is 44.9 Å². The minimum Gasteiger partial charge on any atom is -0.456 e. The Labute approximate surface area is 268 Å². The zero-order chi connectivity index (χ0) is 30.6. The van der Waals surface area contributed by atoms with Crippen LogP contribution in [-0.2, 0) is 0 Å². The molecule has 218 valence electrons. The van der Waals surface area contributed by atoms with E-state index in [4.69, 9.17) is 14.7 Å². The molecule has 5 nitrogen and oxygen atoms in total. The molecule has 3 aromatic heterocycles. The van der Waals surface area contributed by atoms with Gasteiger partial charge in [0.05, 0.1) is 38.7 Å². The number of aromatic nitrogens is 4. The van der Waals surface area contributed by atoms with Gasteiger partial charge in [0.1, 0.15) is 11.5 Å². The highest BCUT2D eigenvalue weighted by molar-refractivity contribution is 6.30. The van der Waals surface area contributed by atoms with Crippen molar-refractivity contribution in [3.8, 4) is 34.4 Å². The molecule has 47 heavy (non-hydrogen) atoms. The lowest BCUT2D eigenvalue weighted by molar-refractivity contribution is 0.486. The fraction of sp³-hybridized carbons (Fsp3) is 0. The van der Waals surface area contributed by atoms with Gasteiger partial charge in [-0.05, 0) is 65.4 Å². The zero-order valence-corrected chi connectivity index (χ0v) is 25.1. The van der Waals surface area contributed by atoms with E-state index in [2.05, 4.69) is 124 Å². The molecule has 1 aliphatic heterocycles. The van der Waals surface area contributed by atoms with E-state index in [-0.39, 0.29) is 0 Å². The summed E-state index contributed by atoms with van der Waals surface area (Å²) < 4.78 is 11.0. The van der Waals surface area contributed by atoms with Gasteiger partial charge in [-0.2, -0.15) is 0 Å². The van der Waals surface area contributed by atoms with Gasteiger partial charge in [0.25, 0.3) is 0 Å². The van der Waals surface area contributed by atoms with Crippen molar-refractivity contribution in [3.63, 3.8) is 0 Å². The Morgan fingerprint density at radius 3 is 2.13 bits per heavy atom. The molecule has 4 heterocycles. The SMILES string of the molecule is c1ccc(-n2c3ccc4ccccc4c3c3ccc4c(c5ccccc5n4-c4nc5c6c(cccc6n4)Oc4ccccc4-5)c32)cc1. The van der Waals surface area contributed by atoms with E-state index in [0.29, 0.717) is 5.95 Å². The van der Waals surface area contributed by atoms with Crippen LogP contribution in [-0.4, -0.2) is 19.1 Å². The van der Waals surface area contributed by atoms with Gasteiger partial charge in [0.2, 0.25) is 5.95 Å². The number of hydrogen-bond donors (Lipinski definition) is 0. The Morgan fingerprint density at radius 1 is 0.447 bits per heavy atom. The van der Waals surface area contributed by atoms with E-state index in [1.807, 2.05) is 30.3 Å². The maximum Gasteiger partial charge on any atom is 0.235 e. The molecule has 1 aliphatic rings. The second kappa shape index (κ2) is 9.05. The van der Waals surface area contributed by atoms with Crippen LogP contribution < -0.4 is 4.74 Å². The Bertz CT molecular complexity index is 2940. The summed E-state index contributed by atoms with van der Waals surface area (Å²) in [5.41, 5.74) is 8.33. The Balaban J connectivity index is 1.33. The fourth-order valence-electron chi connectivity index (χ4n) is 7.78. The summed E-state index contributed by atoms with van der Waals surface area (Å²) in [5, 5.41) is 8.24. The number of ether oxygens (including phenoxy) is 1. The van der Waals surface area contributed by atoms with Crippen LogP contribution in [0.5, 0.6) is 11.5 Å². The Morgan fingerprint density at radius 2 is 1.19 bits per heavy atom. The van der Waals surface area contributed by atoms with Gasteiger partial charge in [0, 0.05) is 32.8 Å². The van der Waals surface area contributed by atoms with Crippen LogP contribution in [0.3, 0.4) is 0 Å². The van der Waals surface area contributed by atoms with Crippen LogP contribution in [0.15, 0.2) is 146 Å². The van der Waals surface area contributed by atoms with E-state index < -0.39 is 0 Å². The van der Waals surface area contributed by atoms with E-state index in [9.17, 15) is 0 Å². The first-order chi connectivity index (χ1) is 23.3. The average Bonchev–Trinajstić information content (AvgIpc) is 3.65. The summed E-state index contributed by atoms with van der Waals surface area (Å²) in [6, 6.07) is 51.2. The summed E-state index contributed by atoms with van der Waals surface area (Å²) in [4.78, 5) is 10.5. The van der Waals surface area contributed by atoms with E-state index in [1.54, 1.807) is 0 Å². The van der Waals surface area contributed by atoms with Crippen LogP contribution in [0, 0.1) is 0 Å². The Kier molecular flexibility index (Phi) is 4.78. The number of hydrogen-bond acceptors (Lipinski definition) is 3. The highest BCUT2D eigenvalue weighted by Gasteiger charge is 2.26. The molecule has 5 heteroatoms. The lowest BCUT2D eigenvalue weighted by Crippen LogP contribution is -2.06. The first kappa shape index (κ1) is 24.8. The standard InChI is InChI=1S/C42H24N4O/c1-2-12-26(13-3-1)45-33-23-21-25-11-4-5-14-27(25)37(33)30-22-24-34-38(41(30)45)28-15-6-8-18-32(28)46(34)42-43-31-17-10-20-36-39(31)40(44-42)29-16-7-9-19-35(29)47-36/h1-24H. The molecule has 0 spiro atoms. The van der Waals surface area contributed by atoms with Crippen molar-refractivity contribution in [2.45, 2.75) is 0 Å². The molecule has 0 amide bonds. The third kappa shape index (κ3) is 3.27. The van der Waals surface area contributed by atoms with Gasteiger partial charge < -0.3 is 9.30 Å². The van der Waals surface area contributed by atoms with Crippen molar-refractivity contribution in [1.29, 1.82) is 0 Å². The maximum absolute atomic E-state index is 6.29. The zero-order valence-electron chi connectivity index (χ0n) is 25.1. The number of benzene rings is 7. The first-order valence-corrected chi connectivity index (χ1v) is 15.9. The fourth-order valence-corrected chi connectivity index (χ4v) is 7.78. The molecule has 0 unspecified atom stereocenters. The van der Waals surface area contributed by atoms with Gasteiger partial charge in [0.15, 0.2) is 0 Å². The van der Waals surface area contributed by atoms with Crippen molar-refractivity contribution in [3.05, 3.63) is 146 Å². The molecule has 0 radical (unpaired) electrons. The van der Waals surface area contributed by atoms with Gasteiger partial charge in [-0.1, -0.05) is 91.0 Å². The molecular formula is C42H24N4O. The van der Waals surface area contributed by atoms with Crippen molar-refractivity contribution >= 4 is 65.3 Å². The predicted octanol–water partition coefficient (Wildman–Crippen LogP) is 10.7. The first-order valence-electron chi connectivity index (χ1n) is 15.9. The summed E-state index contributed by atoms with van der Waals surface area (Å²) in [7, 11) is 0. The maximum atomic E-state index is 6.29. The summed E-state index contributed by atoms with van der Waals surface area (Å²) in [6.45, 7) is 0. The number of rotatable bonds is 2. The van der Waals surface area contributed by atoms with Crippen molar-refractivity contribution in [1.82, 2.24) is 19.1 Å². The molecule has 0 saturated carbocycles. The van der Waals surface area contributed by atoms with Crippen molar-refractivity contribution in [2.24, 2.45) is 0 Å². The summed E-state index contributed by atoms with van der Waals surface area (Å²) >= 11 is 0. The lowest BCUT2D eigenvalue weighted by atomic mass is 10.0. The third-order valence-electron chi connectivity index (χ3n) is 9.70. The van der Waals surface area contributed by atoms with E-state index in [0.717, 1.165) is 55.8 Å². The van der Waals surface area contributed by atoms with Crippen LogP contribution >= 0.6 is 0 Å². The monoisotopic (exact) mass is 600 g/mol. The molecule has 0 N–H and O–H groups in total. The molecule has 0 bridgehead atoms. The van der Waals surface area contributed by atoms with Gasteiger partial charge in [-0.25, -0.2) is 9.97 Å². The normalized spacial score (nSPS) is 12.4. The molecule has 11 rings (SSSR count). The van der Waals surface area contributed by atoms with Crippen LogP contribution in [0.4, 0.5) is 0 Å². The number of fused-ring (bicyclic) bond motifs is 11. The highest BCUT2D eigenvalue weighted by atomic mass is 16.5. The third-order valence-corrected chi connectivity index (χ3v) is 9.70.